The monoisotopic (exact) mass is 395 g/mol. The summed E-state index contributed by atoms with van der Waals surface area (Å²) in [5.74, 6) is 1.65. The van der Waals surface area contributed by atoms with E-state index in [9.17, 15) is 5.11 Å². The van der Waals surface area contributed by atoms with Gasteiger partial charge in [-0.1, -0.05) is 0 Å². The van der Waals surface area contributed by atoms with Crippen molar-refractivity contribution >= 4 is 16.7 Å². The number of benzene rings is 1. The van der Waals surface area contributed by atoms with Crippen molar-refractivity contribution in [1.29, 1.82) is 0 Å². The standard InChI is InChI=1S/C21H25N5O3/c1-13(27)18-11-26(7-8-28-18)19-10-17(22-12-23-19)20-15-9-14(29-21(2)5-6-21)3-4-16(15)24-25-20/h3-4,9-10,12-13,18,27H,5-8,11H2,1-2H3,(H,24,25). The first-order valence-corrected chi connectivity index (χ1v) is 10.0. The van der Waals surface area contributed by atoms with Crippen LogP contribution in [0.2, 0.25) is 0 Å². The number of aromatic amines is 1. The Morgan fingerprint density at radius 3 is 2.97 bits per heavy atom. The Labute approximate surface area is 168 Å². The molecule has 1 aliphatic carbocycles. The minimum atomic E-state index is -0.527. The highest BCUT2D eigenvalue weighted by Gasteiger charge is 2.40. The topological polar surface area (TPSA) is 96.4 Å². The lowest BCUT2D eigenvalue weighted by atomic mass is 10.1. The Kier molecular flexibility index (Phi) is 4.40. The van der Waals surface area contributed by atoms with Crippen LogP contribution in [0.25, 0.3) is 22.3 Å². The summed E-state index contributed by atoms with van der Waals surface area (Å²) in [6.45, 7) is 5.74. The summed E-state index contributed by atoms with van der Waals surface area (Å²) in [5.41, 5.74) is 2.43. The third kappa shape index (κ3) is 3.65. The lowest BCUT2D eigenvalue weighted by Crippen LogP contribution is -2.47. The summed E-state index contributed by atoms with van der Waals surface area (Å²) in [5, 5.41) is 18.4. The molecule has 2 N–H and O–H groups in total. The van der Waals surface area contributed by atoms with E-state index in [1.54, 1.807) is 13.3 Å². The second kappa shape index (κ2) is 6.96. The molecular formula is C21H25N5O3. The van der Waals surface area contributed by atoms with Gasteiger partial charge < -0.3 is 19.5 Å². The summed E-state index contributed by atoms with van der Waals surface area (Å²) in [7, 11) is 0. The van der Waals surface area contributed by atoms with Gasteiger partial charge in [-0.2, -0.15) is 5.10 Å². The lowest BCUT2D eigenvalue weighted by Gasteiger charge is -2.35. The van der Waals surface area contributed by atoms with Gasteiger partial charge >= 0.3 is 0 Å². The van der Waals surface area contributed by atoms with E-state index in [-0.39, 0.29) is 11.7 Å². The van der Waals surface area contributed by atoms with Crippen molar-refractivity contribution in [3.8, 4) is 17.1 Å². The number of nitrogens with zero attached hydrogens (tertiary/aromatic N) is 4. The smallest absolute Gasteiger partial charge is 0.132 e. The Hall–Kier alpha value is -2.71. The van der Waals surface area contributed by atoms with Crippen LogP contribution in [0.3, 0.4) is 0 Å². The Morgan fingerprint density at radius 2 is 2.17 bits per heavy atom. The van der Waals surface area contributed by atoms with Crippen molar-refractivity contribution in [3.05, 3.63) is 30.6 Å². The number of morpholine rings is 1. The van der Waals surface area contributed by atoms with E-state index in [0.717, 1.165) is 53.2 Å². The minimum absolute atomic E-state index is 0.0314. The van der Waals surface area contributed by atoms with Gasteiger partial charge in [-0.05, 0) is 44.9 Å². The van der Waals surface area contributed by atoms with Crippen LogP contribution >= 0.6 is 0 Å². The molecule has 8 heteroatoms. The molecule has 8 nitrogen and oxygen atoms in total. The average molecular weight is 395 g/mol. The molecule has 1 aromatic carbocycles. The number of nitrogens with one attached hydrogen (secondary N) is 1. The molecule has 0 radical (unpaired) electrons. The molecule has 1 aliphatic heterocycles. The molecule has 2 aromatic heterocycles. The fourth-order valence-electron chi connectivity index (χ4n) is 3.64. The number of hydrogen-bond acceptors (Lipinski definition) is 7. The van der Waals surface area contributed by atoms with Crippen molar-refractivity contribution in [1.82, 2.24) is 20.2 Å². The van der Waals surface area contributed by atoms with Crippen molar-refractivity contribution in [2.24, 2.45) is 0 Å². The molecule has 2 aliphatic rings. The molecule has 3 aromatic rings. The van der Waals surface area contributed by atoms with Crippen LogP contribution in [0.4, 0.5) is 5.82 Å². The van der Waals surface area contributed by atoms with Gasteiger partial charge in [0, 0.05) is 24.5 Å². The molecule has 3 heterocycles. The second-order valence-corrected chi connectivity index (χ2v) is 8.19. The highest BCUT2D eigenvalue weighted by molar-refractivity contribution is 5.93. The van der Waals surface area contributed by atoms with Crippen molar-refractivity contribution in [3.63, 3.8) is 0 Å². The van der Waals surface area contributed by atoms with E-state index >= 15 is 0 Å². The zero-order valence-corrected chi connectivity index (χ0v) is 16.6. The number of anilines is 1. The largest absolute Gasteiger partial charge is 0.488 e. The first-order chi connectivity index (χ1) is 14.0. The number of aliphatic hydroxyl groups excluding tert-OH is 1. The van der Waals surface area contributed by atoms with Crippen molar-refractivity contribution < 1.29 is 14.6 Å². The van der Waals surface area contributed by atoms with Crippen molar-refractivity contribution in [2.45, 2.75) is 44.5 Å². The van der Waals surface area contributed by atoms with Crippen LogP contribution in [0, 0.1) is 0 Å². The molecule has 2 atom stereocenters. The van der Waals surface area contributed by atoms with E-state index in [2.05, 4.69) is 32.0 Å². The zero-order valence-electron chi connectivity index (χ0n) is 16.6. The summed E-state index contributed by atoms with van der Waals surface area (Å²) in [4.78, 5) is 11.0. The van der Waals surface area contributed by atoms with E-state index < -0.39 is 6.10 Å². The number of rotatable bonds is 5. The van der Waals surface area contributed by atoms with E-state index in [0.29, 0.717) is 13.2 Å². The first-order valence-electron chi connectivity index (χ1n) is 10.0. The summed E-state index contributed by atoms with van der Waals surface area (Å²) < 4.78 is 11.8. The van der Waals surface area contributed by atoms with Crippen LogP contribution in [0.5, 0.6) is 5.75 Å². The Bertz CT molecular complexity index is 1030. The van der Waals surface area contributed by atoms with Gasteiger partial charge in [-0.3, -0.25) is 5.10 Å². The summed E-state index contributed by atoms with van der Waals surface area (Å²) >= 11 is 0. The SMILES string of the molecule is CC(O)C1CN(c2cc(-c3n[nH]c4ccc(OC5(C)CC5)cc34)ncn2)CCO1. The molecular weight excluding hydrogens is 370 g/mol. The second-order valence-electron chi connectivity index (χ2n) is 8.19. The average Bonchev–Trinajstić information content (AvgIpc) is 3.31. The number of H-pyrrole nitrogens is 1. The summed E-state index contributed by atoms with van der Waals surface area (Å²) in [6.07, 6.45) is 2.98. The first kappa shape index (κ1) is 18.3. The highest BCUT2D eigenvalue weighted by atomic mass is 16.5. The van der Waals surface area contributed by atoms with Gasteiger partial charge in [0.05, 0.1) is 23.9 Å². The van der Waals surface area contributed by atoms with E-state index in [4.69, 9.17) is 9.47 Å². The van der Waals surface area contributed by atoms with Crippen LogP contribution < -0.4 is 9.64 Å². The van der Waals surface area contributed by atoms with Crippen LogP contribution in [-0.4, -0.2) is 62.8 Å². The fraction of sp³-hybridized carbons (Fsp3) is 0.476. The fourth-order valence-corrected chi connectivity index (χ4v) is 3.64. The molecule has 2 unspecified atom stereocenters. The van der Waals surface area contributed by atoms with Gasteiger partial charge in [0.1, 0.15) is 35.3 Å². The van der Waals surface area contributed by atoms with E-state index in [1.807, 2.05) is 24.3 Å². The van der Waals surface area contributed by atoms with Gasteiger partial charge in [-0.15, -0.1) is 0 Å². The molecule has 0 amide bonds. The number of aliphatic hydroxyl groups is 1. The van der Waals surface area contributed by atoms with Gasteiger partial charge in [0.15, 0.2) is 0 Å². The van der Waals surface area contributed by atoms with Crippen LogP contribution in [0.15, 0.2) is 30.6 Å². The molecule has 152 valence electrons. The maximum atomic E-state index is 9.87. The number of ether oxygens (including phenoxy) is 2. The van der Waals surface area contributed by atoms with Gasteiger partial charge in [-0.25, -0.2) is 9.97 Å². The quantitative estimate of drug-likeness (QED) is 0.685. The van der Waals surface area contributed by atoms with Crippen LogP contribution in [0.1, 0.15) is 26.7 Å². The molecule has 1 saturated heterocycles. The Morgan fingerprint density at radius 1 is 1.31 bits per heavy atom. The normalized spacial score (nSPS) is 21.9. The maximum Gasteiger partial charge on any atom is 0.132 e. The molecule has 0 bridgehead atoms. The molecule has 29 heavy (non-hydrogen) atoms. The summed E-state index contributed by atoms with van der Waals surface area (Å²) in [6, 6.07) is 7.93. The predicted molar refractivity (Wildman–Crippen MR) is 109 cm³/mol. The molecule has 1 saturated carbocycles. The Balaban J connectivity index is 1.45. The third-order valence-electron chi connectivity index (χ3n) is 5.70. The highest BCUT2D eigenvalue weighted by Crippen LogP contribution is 2.40. The van der Waals surface area contributed by atoms with Crippen molar-refractivity contribution in [2.75, 3.05) is 24.6 Å². The van der Waals surface area contributed by atoms with E-state index in [1.165, 1.54) is 0 Å². The predicted octanol–water partition coefficient (Wildman–Crippen LogP) is 2.54. The minimum Gasteiger partial charge on any atom is -0.488 e. The zero-order chi connectivity index (χ0) is 20.0. The van der Waals surface area contributed by atoms with Gasteiger partial charge in [0.25, 0.3) is 0 Å². The molecule has 5 rings (SSSR count). The maximum absolute atomic E-state index is 9.87. The molecule has 2 fully saturated rings. The molecule has 0 spiro atoms. The lowest BCUT2D eigenvalue weighted by molar-refractivity contribution is -0.0366. The number of aromatic nitrogens is 4. The third-order valence-corrected chi connectivity index (χ3v) is 5.70. The van der Waals surface area contributed by atoms with Gasteiger partial charge in [0.2, 0.25) is 0 Å². The number of fused-ring (bicyclic) bond motifs is 1. The number of hydrogen-bond donors (Lipinski definition) is 2. The van der Waals surface area contributed by atoms with Crippen LogP contribution in [-0.2, 0) is 4.74 Å².